The Hall–Kier alpha value is -0.130. The summed E-state index contributed by atoms with van der Waals surface area (Å²) in [5.41, 5.74) is 0. The second-order valence-corrected chi connectivity index (χ2v) is 3.05. The van der Waals surface area contributed by atoms with E-state index in [1.165, 1.54) is 0 Å². The number of hydrogen-bond donors (Lipinski definition) is 0. The van der Waals surface area contributed by atoms with Gasteiger partial charge in [-0.15, -0.1) is 0 Å². The second-order valence-electron chi connectivity index (χ2n) is 1.76. The van der Waals surface area contributed by atoms with Gasteiger partial charge < -0.3 is 0 Å². The first kappa shape index (κ1) is 6.98. The van der Waals surface area contributed by atoms with Crippen LogP contribution in [0.4, 0.5) is 0 Å². The largest absolute Gasteiger partial charge is 0.399 e. The maximum atomic E-state index is 10.4. The van der Waals surface area contributed by atoms with Crippen molar-refractivity contribution in [3.63, 3.8) is 0 Å². The highest BCUT2D eigenvalue weighted by Gasteiger charge is 2.14. The van der Waals surface area contributed by atoms with Crippen LogP contribution in [0.3, 0.4) is 0 Å². The standard InChI is InChI=1S/C4H8O4S/c5-9(6)7-3-1-2-4-8-9/h1-4H2. The lowest BCUT2D eigenvalue weighted by Gasteiger charge is -1.95. The molecule has 0 spiro atoms. The Balaban J connectivity index is 2.56. The zero-order valence-electron chi connectivity index (χ0n) is 4.87. The first-order valence-corrected chi connectivity index (χ1v) is 4.08. The Labute approximate surface area is 54.1 Å². The summed E-state index contributed by atoms with van der Waals surface area (Å²) in [6.07, 6.45) is 1.50. The molecule has 1 aliphatic heterocycles. The molecule has 0 aromatic carbocycles. The summed E-state index contributed by atoms with van der Waals surface area (Å²) in [7, 11) is -3.62. The molecule has 0 saturated carbocycles. The molecule has 0 unspecified atom stereocenters. The highest BCUT2D eigenvalue weighted by atomic mass is 32.3. The lowest BCUT2D eigenvalue weighted by molar-refractivity contribution is 0.249. The number of hydrogen-bond acceptors (Lipinski definition) is 4. The molecule has 54 valence electrons. The molecule has 1 fully saturated rings. The van der Waals surface area contributed by atoms with E-state index in [1.54, 1.807) is 0 Å². The van der Waals surface area contributed by atoms with Gasteiger partial charge in [0.05, 0.1) is 13.2 Å². The minimum absolute atomic E-state index is 0.252. The van der Waals surface area contributed by atoms with Crippen molar-refractivity contribution in [1.29, 1.82) is 0 Å². The average Bonchev–Trinajstić information content (AvgIpc) is 1.92. The van der Waals surface area contributed by atoms with Gasteiger partial charge >= 0.3 is 10.4 Å². The van der Waals surface area contributed by atoms with Crippen LogP contribution in [0.25, 0.3) is 0 Å². The van der Waals surface area contributed by atoms with Crippen LogP contribution in [-0.4, -0.2) is 21.6 Å². The van der Waals surface area contributed by atoms with E-state index < -0.39 is 10.4 Å². The first-order chi connectivity index (χ1) is 4.21. The zero-order valence-corrected chi connectivity index (χ0v) is 5.69. The fraction of sp³-hybridized carbons (Fsp3) is 1.00. The molecule has 0 aliphatic carbocycles. The van der Waals surface area contributed by atoms with Crippen LogP contribution in [0.5, 0.6) is 0 Å². The van der Waals surface area contributed by atoms with Gasteiger partial charge in [-0.1, -0.05) is 0 Å². The van der Waals surface area contributed by atoms with E-state index in [9.17, 15) is 8.42 Å². The van der Waals surface area contributed by atoms with Crippen molar-refractivity contribution >= 4 is 10.4 Å². The third-order valence-electron chi connectivity index (χ3n) is 0.994. The highest BCUT2D eigenvalue weighted by molar-refractivity contribution is 7.81. The van der Waals surface area contributed by atoms with Crippen LogP contribution >= 0.6 is 0 Å². The fourth-order valence-electron chi connectivity index (χ4n) is 0.560. The van der Waals surface area contributed by atoms with Crippen LogP contribution in [0.1, 0.15) is 12.8 Å². The van der Waals surface area contributed by atoms with Crippen molar-refractivity contribution in [3.05, 3.63) is 0 Å². The Kier molecular flexibility index (Phi) is 2.05. The molecule has 0 aromatic rings. The SMILES string of the molecule is O=S1(=O)OCCCCO1. The monoisotopic (exact) mass is 152 g/mol. The fourth-order valence-corrected chi connectivity index (χ4v) is 1.27. The van der Waals surface area contributed by atoms with Gasteiger partial charge in [0.25, 0.3) is 0 Å². The third kappa shape index (κ3) is 2.30. The Morgan fingerprint density at radius 1 is 1.00 bits per heavy atom. The molecule has 1 saturated heterocycles. The minimum atomic E-state index is -3.62. The quantitative estimate of drug-likeness (QED) is 0.492. The van der Waals surface area contributed by atoms with Crippen LogP contribution in [0.15, 0.2) is 0 Å². The van der Waals surface area contributed by atoms with Gasteiger partial charge in [-0.2, -0.15) is 8.42 Å². The second kappa shape index (κ2) is 2.64. The molecular formula is C4H8O4S. The van der Waals surface area contributed by atoms with Gasteiger partial charge in [0, 0.05) is 0 Å². The van der Waals surface area contributed by atoms with E-state index in [2.05, 4.69) is 8.37 Å². The van der Waals surface area contributed by atoms with E-state index >= 15 is 0 Å². The lowest BCUT2D eigenvalue weighted by atomic mass is 10.3. The Morgan fingerprint density at radius 2 is 1.44 bits per heavy atom. The van der Waals surface area contributed by atoms with Gasteiger partial charge in [0.2, 0.25) is 0 Å². The van der Waals surface area contributed by atoms with E-state index in [-0.39, 0.29) is 13.2 Å². The predicted octanol–water partition coefficient (Wildman–Crippen LogP) is 0.0582. The van der Waals surface area contributed by atoms with Crippen molar-refractivity contribution in [2.45, 2.75) is 12.8 Å². The normalized spacial score (nSPS) is 27.1. The summed E-state index contributed by atoms with van der Waals surface area (Å²) in [5, 5.41) is 0. The third-order valence-corrected chi connectivity index (χ3v) is 1.90. The van der Waals surface area contributed by atoms with Gasteiger partial charge in [0.15, 0.2) is 0 Å². The van der Waals surface area contributed by atoms with Crippen molar-refractivity contribution in [1.82, 2.24) is 0 Å². The molecule has 0 aromatic heterocycles. The van der Waals surface area contributed by atoms with E-state index in [0.717, 1.165) is 12.8 Å². The van der Waals surface area contributed by atoms with Crippen molar-refractivity contribution in [2.24, 2.45) is 0 Å². The summed E-state index contributed by atoms with van der Waals surface area (Å²) in [6, 6.07) is 0. The summed E-state index contributed by atoms with van der Waals surface area (Å²) in [4.78, 5) is 0. The van der Waals surface area contributed by atoms with Crippen molar-refractivity contribution in [3.8, 4) is 0 Å². The van der Waals surface area contributed by atoms with Crippen molar-refractivity contribution in [2.75, 3.05) is 13.2 Å². The molecule has 9 heavy (non-hydrogen) atoms. The predicted molar refractivity (Wildman–Crippen MR) is 30.1 cm³/mol. The van der Waals surface area contributed by atoms with Crippen molar-refractivity contribution < 1.29 is 16.8 Å². The molecule has 0 bridgehead atoms. The first-order valence-electron chi connectivity index (χ1n) is 2.74. The molecule has 4 nitrogen and oxygen atoms in total. The average molecular weight is 152 g/mol. The smallest absolute Gasteiger partial charge is 0.248 e. The van der Waals surface area contributed by atoms with Gasteiger partial charge in [-0.25, -0.2) is 8.37 Å². The van der Waals surface area contributed by atoms with E-state index in [1.807, 2.05) is 0 Å². The molecule has 0 amide bonds. The molecule has 0 atom stereocenters. The summed E-state index contributed by atoms with van der Waals surface area (Å²) >= 11 is 0. The highest BCUT2D eigenvalue weighted by Crippen LogP contribution is 2.05. The maximum absolute atomic E-state index is 10.4. The van der Waals surface area contributed by atoms with Crippen LogP contribution in [-0.2, 0) is 18.8 Å². The van der Waals surface area contributed by atoms with Crippen LogP contribution in [0.2, 0.25) is 0 Å². The van der Waals surface area contributed by atoms with Crippen LogP contribution < -0.4 is 0 Å². The maximum Gasteiger partial charge on any atom is 0.399 e. The number of rotatable bonds is 0. The summed E-state index contributed by atoms with van der Waals surface area (Å²) in [5.74, 6) is 0. The molecule has 1 heterocycles. The zero-order chi connectivity index (χ0) is 6.74. The molecular weight excluding hydrogens is 144 g/mol. The Morgan fingerprint density at radius 3 is 1.89 bits per heavy atom. The summed E-state index contributed by atoms with van der Waals surface area (Å²) < 4.78 is 29.5. The van der Waals surface area contributed by atoms with E-state index in [0.29, 0.717) is 0 Å². The molecule has 0 N–H and O–H groups in total. The van der Waals surface area contributed by atoms with Gasteiger partial charge in [-0.3, -0.25) is 0 Å². The molecule has 0 radical (unpaired) electrons. The summed E-state index contributed by atoms with van der Waals surface area (Å²) in [6.45, 7) is 0.505. The molecule has 1 aliphatic rings. The molecule has 1 rings (SSSR count). The van der Waals surface area contributed by atoms with Gasteiger partial charge in [-0.05, 0) is 12.8 Å². The van der Waals surface area contributed by atoms with Crippen LogP contribution in [0, 0.1) is 0 Å². The molecule has 5 heteroatoms. The Bertz CT molecular complexity index is 157. The van der Waals surface area contributed by atoms with Gasteiger partial charge in [0.1, 0.15) is 0 Å². The lowest BCUT2D eigenvalue weighted by Crippen LogP contribution is -2.06. The minimum Gasteiger partial charge on any atom is -0.248 e. The topological polar surface area (TPSA) is 52.6 Å². The van der Waals surface area contributed by atoms with E-state index in [4.69, 9.17) is 0 Å².